The lowest BCUT2D eigenvalue weighted by Crippen LogP contribution is -2.36. The number of pyridine rings is 1. The van der Waals surface area contributed by atoms with Crippen molar-refractivity contribution in [1.82, 2.24) is 9.88 Å². The molecule has 1 aromatic carbocycles. The van der Waals surface area contributed by atoms with Crippen LogP contribution in [0, 0.1) is 11.5 Å². The van der Waals surface area contributed by atoms with Crippen LogP contribution in [-0.2, 0) is 4.79 Å². The van der Waals surface area contributed by atoms with E-state index in [4.69, 9.17) is 21.6 Å². The molecule has 1 aromatic heterocycles. The molecule has 1 fully saturated rings. The number of nitriles is 1. The van der Waals surface area contributed by atoms with Crippen LogP contribution in [0.3, 0.4) is 0 Å². The van der Waals surface area contributed by atoms with E-state index >= 15 is 0 Å². The number of guanidine groups is 1. The van der Waals surface area contributed by atoms with E-state index in [1.165, 1.54) is 0 Å². The predicted octanol–water partition coefficient (Wildman–Crippen LogP) is 4.25. The van der Waals surface area contributed by atoms with Crippen molar-refractivity contribution >= 4 is 29.2 Å². The molecule has 1 unspecified atom stereocenters. The number of anilines is 1. The smallest absolute Gasteiger partial charge is 0.252 e. The summed E-state index contributed by atoms with van der Waals surface area (Å²) in [6.07, 6.45) is 8.84. The number of carbonyl (C=O) groups is 1. The highest BCUT2D eigenvalue weighted by Crippen LogP contribution is 2.25. The van der Waals surface area contributed by atoms with Crippen molar-refractivity contribution < 1.29 is 9.53 Å². The zero-order valence-electron chi connectivity index (χ0n) is 16.9. The highest BCUT2D eigenvalue weighted by atomic mass is 35.5. The second-order valence-electron chi connectivity index (χ2n) is 6.97. The minimum Gasteiger partial charge on any atom is -0.494 e. The molecule has 3 rings (SSSR count). The van der Waals surface area contributed by atoms with Crippen LogP contribution in [0.4, 0.5) is 5.69 Å². The number of halogens is 1. The van der Waals surface area contributed by atoms with Gasteiger partial charge < -0.3 is 4.74 Å². The van der Waals surface area contributed by atoms with Gasteiger partial charge in [0.15, 0.2) is 0 Å². The second-order valence-corrected chi connectivity index (χ2v) is 7.41. The Morgan fingerprint density at radius 1 is 1.13 bits per heavy atom. The first-order chi connectivity index (χ1) is 14.6. The van der Waals surface area contributed by atoms with Crippen molar-refractivity contribution in [2.24, 2.45) is 4.99 Å². The van der Waals surface area contributed by atoms with Crippen molar-refractivity contribution in [2.75, 3.05) is 18.1 Å². The number of amides is 1. The van der Waals surface area contributed by atoms with E-state index in [0.717, 1.165) is 37.1 Å². The summed E-state index contributed by atoms with van der Waals surface area (Å²) >= 11 is 5.86. The van der Waals surface area contributed by atoms with Gasteiger partial charge >= 0.3 is 0 Å². The second kappa shape index (κ2) is 10.6. The highest BCUT2D eigenvalue weighted by Gasteiger charge is 2.41. The normalized spacial score (nSPS) is 17.4. The summed E-state index contributed by atoms with van der Waals surface area (Å²) in [5.41, 5.74) is 0.793. The summed E-state index contributed by atoms with van der Waals surface area (Å²) in [6.45, 7) is 2.99. The summed E-state index contributed by atoms with van der Waals surface area (Å²) in [7, 11) is 0. The summed E-state index contributed by atoms with van der Waals surface area (Å²) in [4.78, 5) is 24.1. The monoisotopic (exact) mass is 425 g/mol. The zero-order valence-corrected chi connectivity index (χ0v) is 17.6. The fraction of sp³-hybridized carbons (Fsp3) is 0.364. The maximum atomic E-state index is 12.8. The lowest BCUT2D eigenvalue weighted by atomic mass is 10.2. The molecule has 2 heterocycles. The van der Waals surface area contributed by atoms with Crippen LogP contribution in [0.5, 0.6) is 5.75 Å². The van der Waals surface area contributed by atoms with E-state index in [-0.39, 0.29) is 5.91 Å². The average Bonchev–Trinajstić information content (AvgIpc) is 2.99. The van der Waals surface area contributed by atoms with Gasteiger partial charge in [-0.05, 0) is 56.2 Å². The summed E-state index contributed by atoms with van der Waals surface area (Å²) in [5.74, 6) is 1.14. The van der Waals surface area contributed by atoms with Gasteiger partial charge in [0.1, 0.15) is 11.8 Å². The van der Waals surface area contributed by atoms with Crippen LogP contribution < -0.4 is 9.64 Å². The van der Waals surface area contributed by atoms with Crippen LogP contribution in [0.2, 0.25) is 5.02 Å². The third-order valence-corrected chi connectivity index (χ3v) is 5.17. The first-order valence-corrected chi connectivity index (χ1v) is 10.4. The molecule has 7 nitrogen and oxygen atoms in total. The van der Waals surface area contributed by atoms with Gasteiger partial charge in [-0.2, -0.15) is 5.26 Å². The molecule has 156 valence electrons. The molecule has 0 saturated carbocycles. The molecule has 1 aliphatic rings. The van der Waals surface area contributed by atoms with Crippen LogP contribution in [-0.4, -0.2) is 40.9 Å². The number of aromatic nitrogens is 1. The highest BCUT2D eigenvalue weighted by molar-refractivity contribution is 6.30. The molecule has 0 spiro atoms. The van der Waals surface area contributed by atoms with E-state index in [9.17, 15) is 4.79 Å². The Morgan fingerprint density at radius 2 is 1.83 bits per heavy atom. The SMILES string of the molecule is CC1C(=O)N(CCCCCCOc2ccc(Cl)cc2)C(=NC#N)N1c1ccncc1. The van der Waals surface area contributed by atoms with Crippen LogP contribution >= 0.6 is 11.6 Å². The molecule has 0 bridgehead atoms. The molecule has 0 aliphatic carbocycles. The third kappa shape index (κ3) is 5.28. The van der Waals surface area contributed by atoms with Crippen molar-refractivity contribution in [2.45, 2.75) is 38.6 Å². The van der Waals surface area contributed by atoms with Crippen molar-refractivity contribution in [3.05, 3.63) is 53.8 Å². The Kier molecular flexibility index (Phi) is 7.63. The van der Waals surface area contributed by atoms with Gasteiger partial charge in [0, 0.05) is 29.6 Å². The standard InChI is InChI=1S/C22H24ClN5O2/c1-17-21(29)27(22(26-16-24)28(17)19-10-12-25-13-11-19)14-4-2-3-5-15-30-20-8-6-18(23)7-9-20/h6-13,17H,2-5,14-15H2,1H3. The van der Waals surface area contributed by atoms with Gasteiger partial charge in [-0.25, -0.2) is 0 Å². The summed E-state index contributed by atoms with van der Waals surface area (Å²) < 4.78 is 5.69. The molecular weight excluding hydrogens is 402 g/mol. The van der Waals surface area contributed by atoms with Crippen LogP contribution in [0.25, 0.3) is 0 Å². The molecule has 0 N–H and O–H groups in total. The number of benzene rings is 1. The van der Waals surface area contributed by atoms with E-state index in [1.807, 2.05) is 25.2 Å². The lowest BCUT2D eigenvalue weighted by molar-refractivity contribution is -0.126. The first kappa shape index (κ1) is 21.6. The van der Waals surface area contributed by atoms with Crippen LogP contribution in [0.15, 0.2) is 53.8 Å². The Hall–Kier alpha value is -3.11. The molecule has 1 atom stereocenters. The summed E-state index contributed by atoms with van der Waals surface area (Å²) in [6, 6.07) is 10.5. The largest absolute Gasteiger partial charge is 0.494 e. The van der Waals surface area contributed by atoms with E-state index in [2.05, 4.69) is 9.98 Å². The van der Waals surface area contributed by atoms with Crippen molar-refractivity contribution in [1.29, 1.82) is 5.26 Å². The Balaban J connectivity index is 1.47. The Bertz CT molecular complexity index is 911. The molecule has 1 saturated heterocycles. The average molecular weight is 426 g/mol. The summed E-state index contributed by atoms with van der Waals surface area (Å²) in [5, 5.41) is 9.81. The molecule has 1 aliphatic heterocycles. The zero-order chi connectivity index (χ0) is 21.3. The van der Waals surface area contributed by atoms with Gasteiger partial charge in [-0.3, -0.25) is 19.6 Å². The van der Waals surface area contributed by atoms with Gasteiger partial charge in [-0.15, -0.1) is 4.99 Å². The fourth-order valence-corrected chi connectivity index (χ4v) is 3.52. The van der Waals surface area contributed by atoms with Crippen molar-refractivity contribution in [3.8, 4) is 11.9 Å². The molecule has 2 aromatic rings. The maximum absolute atomic E-state index is 12.8. The number of unbranched alkanes of at least 4 members (excludes halogenated alkanes) is 3. The first-order valence-electron chi connectivity index (χ1n) is 9.97. The number of nitrogens with zero attached hydrogens (tertiary/aromatic N) is 5. The number of ether oxygens (including phenoxy) is 1. The molecule has 1 amide bonds. The number of hydrogen-bond acceptors (Lipinski definition) is 5. The van der Waals surface area contributed by atoms with Gasteiger partial charge in [-0.1, -0.05) is 24.4 Å². The minimum atomic E-state index is -0.410. The lowest BCUT2D eigenvalue weighted by Gasteiger charge is -2.22. The Morgan fingerprint density at radius 3 is 2.53 bits per heavy atom. The van der Waals surface area contributed by atoms with Crippen molar-refractivity contribution in [3.63, 3.8) is 0 Å². The number of rotatable bonds is 9. The quantitative estimate of drug-likeness (QED) is 0.443. The van der Waals surface area contributed by atoms with E-state index in [0.29, 0.717) is 24.1 Å². The molecule has 0 radical (unpaired) electrons. The number of hydrogen-bond donors (Lipinski definition) is 0. The van der Waals surface area contributed by atoms with Crippen LogP contribution in [0.1, 0.15) is 32.6 Å². The predicted molar refractivity (Wildman–Crippen MR) is 116 cm³/mol. The maximum Gasteiger partial charge on any atom is 0.252 e. The van der Waals surface area contributed by atoms with E-state index in [1.54, 1.807) is 46.5 Å². The molecule has 8 heteroatoms. The topological polar surface area (TPSA) is 81.8 Å². The molecular formula is C22H24ClN5O2. The minimum absolute atomic E-state index is 0.0492. The third-order valence-electron chi connectivity index (χ3n) is 4.92. The Labute approximate surface area is 181 Å². The van der Waals surface area contributed by atoms with Gasteiger partial charge in [0.25, 0.3) is 5.91 Å². The number of aliphatic imine (C=N–C) groups is 1. The molecule has 30 heavy (non-hydrogen) atoms. The van der Waals surface area contributed by atoms with Gasteiger partial charge in [0.2, 0.25) is 12.2 Å². The number of carbonyl (C=O) groups excluding carboxylic acids is 1. The fourth-order valence-electron chi connectivity index (χ4n) is 3.40. The van der Waals surface area contributed by atoms with E-state index < -0.39 is 6.04 Å². The van der Waals surface area contributed by atoms with Gasteiger partial charge in [0.05, 0.1) is 6.61 Å².